The molecule has 8 heteroatoms. The van der Waals surface area contributed by atoms with E-state index in [1.807, 2.05) is 6.07 Å². The zero-order valence-corrected chi connectivity index (χ0v) is 12.7. The van der Waals surface area contributed by atoms with E-state index in [1.165, 1.54) is 12.3 Å². The second-order valence-electron chi connectivity index (χ2n) is 4.42. The first-order chi connectivity index (χ1) is 9.49. The lowest BCUT2D eigenvalue weighted by atomic mass is 10.2. The highest BCUT2D eigenvalue weighted by Gasteiger charge is 2.34. The third-order valence-electron chi connectivity index (χ3n) is 3.20. The van der Waals surface area contributed by atoms with Crippen LogP contribution in [-0.2, 0) is 9.84 Å². The van der Waals surface area contributed by atoms with Crippen LogP contribution in [0.3, 0.4) is 0 Å². The van der Waals surface area contributed by atoms with Crippen molar-refractivity contribution in [1.29, 1.82) is 5.26 Å². The number of rotatable bonds is 3. The van der Waals surface area contributed by atoms with Crippen LogP contribution in [-0.4, -0.2) is 42.6 Å². The highest BCUT2D eigenvalue weighted by molar-refractivity contribution is 8.01. The number of nitrogens with two attached hydrogens (primary N) is 1. The van der Waals surface area contributed by atoms with E-state index in [0.29, 0.717) is 29.4 Å². The zero-order chi connectivity index (χ0) is 14.8. The molecule has 2 rings (SSSR count). The Hall–Kier alpha value is -1.46. The molecule has 1 saturated heterocycles. The van der Waals surface area contributed by atoms with Gasteiger partial charge in [0.1, 0.15) is 11.4 Å². The van der Waals surface area contributed by atoms with Crippen LogP contribution < -0.4 is 10.6 Å². The van der Waals surface area contributed by atoms with Gasteiger partial charge in [-0.2, -0.15) is 17.0 Å². The van der Waals surface area contributed by atoms with Crippen LogP contribution >= 0.6 is 11.8 Å². The van der Waals surface area contributed by atoms with Crippen LogP contribution in [0.2, 0.25) is 0 Å². The minimum atomic E-state index is -3.21. The van der Waals surface area contributed by atoms with Gasteiger partial charge in [0, 0.05) is 30.0 Å². The van der Waals surface area contributed by atoms with Gasteiger partial charge in [0.05, 0.1) is 11.3 Å². The molecular formula is C12H16N4O2S2. The van der Waals surface area contributed by atoms with Gasteiger partial charge in [-0.1, -0.05) is 6.92 Å². The average molecular weight is 312 g/mol. The summed E-state index contributed by atoms with van der Waals surface area (Å²) in [4.78, 5) is 5.92. The summed E-state index contributed by atoms with van der Waals surface area (Å²) >= 11 is 1.62. The zero-order valence-electron chi connectivity index (χ0n) is 11.1. The molecule has 1 aliphatic heterocycles. The first-order valence-corrected chi connectivity index (χ1v) is 9.08. The van der Waals surface area contributed by atoms with Crippen molar-refractivity contribution in [2.24, 2.45) is 0 Å². The molecule has 0 radical (unpaired) electrons. The first kappa shape index (κ1) is 14.9. The Labute approximate surface area is 122 Å². The molecular weight excluding hydrogens is 296 g/mol. The number of thioether (sulfide) groups is 1. The average Bonchev–Trinajstić information content (AvgIpc) is 2.47. The quantitative estimate of drug-likeness (QED) is 0.883. The number of sulfone groups is 1. The summed E-state index contributed by atoms with van der Waals surface area (Å²) in [6.07, 6.45) is 1.42. The van der Waals surface area contributed by atoms with Crippen molar-refractivity contribution in [3.8, 4) is 6.07 Å². The van der Waals surface area contributed by atoms with Gasteiger partial charge in [-0.15, -0.1) is 0 Å². The number of hydrogen-bond donors (Lipinski definition) is 1. The van der Waals surface area contributed by atoms with Crippen molar-refractivity contribution in [3.05, 3.63) is 17.8 Å². The molecule has 2 heterocycles. The maximum absolute atomic E-state index is 12.2. The third kappa shape index (κ3) is 2.83. The summed E-state index contributed by atoms with van der Waals surface area (Å²) in [6, 6.07) is 3.49. The van der Waals surface area contributed by atoms with Crippen LogP contribution in [0.25, 0.3) is 0 Å². The molecule has 6 nitrogen and oxygen atoms in total. The number of aromatic nitrogens is 1. The lowest BCUT2D eigenvalue weighted by Crippen LogP contribution is -2.48. The predicted octanol–water partition coefficient (Wildman–Crippen LogP) is 0.849. The van der Waals surface area contributed by atoms with Crippen LogP contribution in [0.5, 0.6) is 0 Å². The van der Waals surface area contributed by atoms with E-state index in [4.69, 9.17) is 11.0 Å². The smallest absolute Gasteiger partial charge is 0.171 e. The highest BCUT2D eigenvalue weighted by Crippen LogP contribution is 2.30. The normalized spacial score (nSPS) is 19.6. The summed E-state index contributed by atoms with van der Waals surface area (Å²) < 4.78 is 24.4. The second kappa shape index (κ2) is 5.89. The molecule has 1 fully saturated rings. The van der Waals surface area contributed by atoms with Crippen molar-refractivity contribution >= 4 is 33.1 Å². The lowest BCUT2D eigenvalue weighted by Gasteiger charge is -2.36. The molecule has 1 aromatic heterocycles. The second-order valence-corrected chi connectivity index (χ2v) is 8.02. The van der Waals surface area contributed by atoms with Gasteiger partial charge in [0.15, 0.2) is 15.7 Å². The Balaban J connectivity index is 2.41. The predicted molar refractivity (Wildman–Crippen MR) is 81.3 cm³/mol. The van der Waals surface area contributed by atoms with Crippen molar-refractivity contribution in [3.63, 3.8) is 0 Å². The number of pyridine rings is 1. The van der Waals surface area contributed by atoms with Crippen molar-refractivity contribution in [2.45, 2.75) is 12.3 Å². The van der Waals surface area contributed by atoms with Gasteiger partial charge in [-0.05, 0) is 6.07 Å². The monoisotopic (exact) mass is 312 g/mol. The van der Waals surface area contributed by atoms with E-state index in [1.54, 1.807) is 23.6 Å². The van der Waals surface area contributed by atoms with E-state index in [-0.39, 0.29) is 5.75 Å². The molecule has 0 saturated carbocycles. The molecule has 20 heavy (non-hydrogen) atoms. The fourth-order valence-electron chi connectivity index (χ4n) is 2.09. The molecule has 0 spiro atoms. The standard InChI is InChI=1S/C12H16N4O2S2/c1-2-20(17,18)11-8-19-4-3-16(11)12-10(14)5-9(6-13)7-15-12/h5,7,11H,2-4,8,14H2,1H3. The maximum Gasteiger partial charge on any atom is 0.171 e. The van der Waals surface area contributed by atoms with Crippen molar-refractivity contribution in [2.75, 3.05) is 34.4 Å². The molecule has 1 unspecified atom stereocenters. The Morgan fingerprint density at radius 2 is 2.40 bits per heavy atom. The maximum atomic E-state index is 12.2. The summed E-state index contributed by atoms with van der Waals surface area (Å²) in [6.45, 7) is 2.22. The van der Waals surface area contributed by atoms with Gasteiger partial charge in [-0.3, -0.25) is 0 Å². The topological polar surface area (TPSA) is 100 Å². The molecule has 1 aromatic rings. The van der Waals surface area contributed by atoms with E-state index in [0.717, 1.165) is 5.75 Å². The Bertz CT molecular complexity index is 639. The minimum absolute atomic E-state index is 0.0882. The van der Waals surface area contributed by atoms with E-state index in [9.17, 15) is 8.42 Å². The van der Waals surface area contributed by atoms with E-state index < -0.39 is 15.2 Å². The summed E-state index contributed by atoms with van der Waals surface area (Å²) in [7, 11) is -3.21. The molecule has 1 atom stereocenters. The third-order valence-corrected chi connectivity index (χ3v) is 6.49. The fourth-order valence-corrected chi connectivity index (χ4v) is 5.06. The minimum Gasteiger partial charge on any atom is -0.396 e. The molecule has 0 aliphatic carbocycles. The highest BCUT2D eigenvalue weighted by atomic mass is 32.2. The SMILES string of the molecule is CCS(=O)(=O)C1CSCCN1c1ncc(C#N)cc1N. The number of hydrogen-bond acceptors (Lipinski definition) is 7. The molecule has 108 valence electrons. The molecule has 1 aliphatic rings. The lowest BCUT2D eigenvalue weighted by molar-refractivity contribution is 0.579. The van der Waals surface area contributed by atoms with Crippen LogP contribution in [0.15, 0.2) is 12.3 Å². The van der Waals surface area contributed by atoms with E-state index in [2.05, 4.69) is 4.98 Å². The van der Waals surface area contributed by atoms with E-state index >= 15 is 0 Å². The van der Waals surface area contributed by atoms with Gasteiger partial charge >= 0.3 is 0 Å². The molecule has 2 N–H and O–H groups in total. The van der Waals surface area contributed by atoms with Crippen LogP contribution in [0, 0.1) is 11.3 Å². The molecule has 0 amide bonds. The Morgan fingerprint density at radius 3 is 3.00 bits per heavy atom. The van der Waals surface area contributed by atoms with Gasteiger partial charge in [0.2, 0.25) is 0 Å². The number of nitrogen functional groups attached to an aromatic ring is 1. The summed E-state index contributed by atoms with van der Waals surface area (Å²) in [5.41, 5.74) is 6.63. The number of nitrogens with zero attached hydrogens (tertiary/aromatic N) is 3. The Morgan fingerprint density at radius 1 is 1.65 bits per heavy atom. The van der Waals surface area contributed by atoms with Crippen molar-refractivity contribution in [1.82, 2.24) is 4.98 Å². The van der Waals surface area contributed by atoms with Crippen LogP contribution in [0.1, 0.15) is 12.5 Å². The summed E-state index contributed by atoms with van der Waals surface area (Å²) in [5.74, 6) is 1.88. The number of nitriles is 1. The van der Waals surface area contributed by atoms with Gasteiger partial charge in [0.25, 0.3) is 0 Å². The first-order valence-electron chi connectivity index (χ1n) is 6.21. The fraction of sp³-hybridized carbons (Fsp3) is 0.500. The van der Waals surface area contributed by atoms with Crippen LogP contribution in [0.4, 0.5) is 11.5 Å². The molecule has 0 aromatic carbocycles. The van der Waals surface area contributed by atoms with Gasteiger partial charge in [-0.25, -0.2) is 13.4 Å². The number of anilines is 2. The molecule has 0 bridgehead atoms. The Kier molecular flexibility index (Phi) is 4.40. The summed E-state index contributed by atoms with van der Waals surface area (Å²) in [5, 5.41) is 8.22. The van der Waals surface area contributed by atoms with Crippen molar-refractivity contribution < 1.29 is 8.42 Å². The largest absolute Gasteiger partial charge is 0.396 e. The van der Waals surface area contributed by atoms with Gasteiger partial charge < -0.3 is 10.6 Å².